The minimum absolute atomic E-state index is 0. The summed E-state index contributed by atoms with van der Waals surface area (Å²) in [6.45, 7) is 2.04. The van der Waals surface area contributed by atoms with Crippen molar-refractivity contribution in [2.24, 2.45) is 10.2 Å². The van der Waals surface area contributed by atoms with Crippen LogP contribution < -0.4 is 62.4 Å². The van der Waals surface area contributed by atoms with Crippen molar-refractivity contribution >= 4 is 96.6 Å². The largest absolute Gasteiger partial charge is 1.00 e. The zero-order chi connectivity index (χ0) is 34.2. The van der Waals surface area contributed by atoms with Gasteiger partial charge in [0, 0.05) is 7.05 Å². The SMILES string of the molecule is CSC1=NNNN1CC(=O)O.CSC1=NNNN1CS(=O)(=O)[O-].CSC1NC(=O)C(=O)NN1C.CSc1nc(C)c(COO)s1.[Na+]. The van der Waals surface area contributed by atoms with Crippen molar-refractivity contribution in [3.63, 3.8) is 0 Å². The van der Waals surface area contributed by atoms with E-state index < -0.39 is 33.8 Å². The molecule has 2 amide bonds. The smallest absolute Gasteiger partial charge is 0.747 e. The Morgan fingerprint density at radius 1 is 1.04 bits per heavy atom. The molecule has 8 N–H and O–H groups in total. The van der Waals surface area contributed by atoms with Gasteiger partial charge in [-0.1, -0.05) is 35.3 Å². The van der Waals surface area contributed by atoms with Crippen LogP contribution in [0.4, 0.5) is 0 Å². The second kappa shape index (κ2) is 23.1. The van der Waals surface area contributed by atoms with Crippen LogP contribution >= 0.6 is 58.4 Å². The number of thioether (sulfide) groups is 4. The number of carboxylic acid groups (broad SMARTS) is 1. The normalized spacial score (nSPS) is 17.2. The molecule has 1 aromatic rings. The number of hydrazine groups is 5. The molecule has 1 aromatic heterocycles. The Hall–Kier alpha value is -1.31. The van der Waals surface area contributed by atoms with E-state index in [4.69, 9.17) is 10.4 Å². The van der Waals surface area contributed by atoms with Crippen LogP contribution in [0, 0.1) is 6.92 Å². The number of aryl methyl sites for hydroxylation is 1. The number of thiazole rings is 1. The van der Waals surface area contributed by atoms with Gasteiger partial charge >= 0.3 is 47.3 Å². The number of nitrogens with zero attached hydrogens (tertiary/aromatic N) is 6. The molecular weight excluding hydrogens is 744 g/mol. The molecule has 0 radical (unpaired) electrons. The minimum atomic E-state index is -4.27. The topological polar surface area (TPSA) is 278 Å². The number of rotatable bonds is 8. The van der Waals surface area contributed by atoms with Gasteiger partial charge in [-0.15, -0.1) is 44.4 Å². The second-order valence-electron chi connectivity index (χ2n) is 7.82. The summed E-state index contributed by atoms with van der Waals surface area (Å²) in [5.41, 5.74) is 12.9. The Bertz CT molecular complexity index is 1310. The van der Waals surface area contributed by atoms with Gasteiger partial charge in [0.2, 0.25) is 10.3 Å². The first-order valence-electron chi connectivity index (χ1n) is 11.8. The molecule has 46 heavy (non-hydrogen) atoms. The van der Waals surface area contributed by atoms with E-state index in [1.54, 1.807) is 41.4 Å². The van der Waals surface area contributed by atoms with E-state index in [0.717, 1.165) is 19.9 Å². The van der Waals surface area contributed by atoms with Crippen LogP contribution in [0.25, 0.3) is 0 Å². The number of hydrogen-bond acceptors (Lipinski definition) is 23. The fraction of sp³-hybridized carbons (Fsp3) is 0.556. The summed E-state index contributed by atoms with van der Waals surface area (Å²) < 4.78 is 32.0. The molecule has 0 saturated carbocycles. The van der Waals surface area contributed by atoms with Crippen LogP contribution in [0.5, 0.6) is 0 Å². The molecule has 0 aliphatic carbocycles. The number of aromatic nitrogens is 1. The van der Waals surface area contributed by atoms with Crippen molar-refractivity contribution < 1.29 is 72.2 Å². The molecule has 1 fully saturated rings. The molecule has 0 bridgehead atoms. The fourth-order valence-electron chi connectivity index (χ4n) is 2.72. The molecule has 3 aliphatic heterocycles. The number of aliphatic carboxylic acids is 1. The van der Waals surface area contributed by atoms with Crippen molar-refractivity contribution in [1.82, 2.24) is 52.9 Å². The number of amides is 2. The molecule has 28 heteroatoms. The number of hydrazone groups is 2. The molecule has 0 aromatic carbocycles. The molecule has 1 atom stereocenters. The molecular formula is C18H33N12NaO9S6. The number of carbonyl (C=O) groups is 3. The molecule has 1 unspecified atom stereocenters. The summed E-state index contributed by atoms with van der Waals surface area (Å²) in [5, 5.41) is 31.7. The molecule has 3 aliphatic rings. The van der Waals surface area contributed by atoms with Crippen molar-refractivity contribution in [2.45, 2.75) is 23.4 Å². The zero-order valence-corrected chi connectivity index (χ0v) is 32.5. The third-order valence-electron chi connectivity index (χ3n) is 4.64. The standard InChI is InChI=1S/C6H9NO2S2.C5H9N3O2S.C4H8N4O2S.C3H8N4O3S2.Na/c1-4-5(3-9-8)11-6(7-4)10-2;1-8-5(11-2)6-3(9)4(10)7-8;1-11-4-5-6-7-8(4)2-3(9)10;1-11-3-4-5-6-7(3)2-12(8,9)10;/h8H,3H2,1-2H3;5H,1-2H3,(H,6,9)(H,7,10);6-7H,2H2,1H3,(H,9,10);5-6H,2H2,1H3,(H,8,9,10);/q;;;;+1/p-1. The maximum Gasteiger partial charge on any atom is 1.00 e. The second-order valence-corrected chi connectivity index (χ2v) is 13.8. The number of carbonyl (C=O) groups excluding carboxylic acids is 2. The summed E-state index contributed by atoms with van der Waals surface area (Å²) in [4.78, 5) is 40.9. The third-order valence-corrected chi connectivity index (χ3v) is 9.56. The van der Waals surface area contributed by atoms with Crippen LogP contribution in [-0.2, 0) is 36.0 Å². The summed E-state index contributed by atoms with van der Waals surface area (Å²) in [6, 6.07) is 0. The summed E-state index contributed by atoms with van der Waals surface area (Å²) in [6.07, 6.45) is 7.36. The molecule has 256 valence electrons. The Kier molecular flexibility index (Phi) is 22.5. The average molecular weight is 777 g/mol. The number of hydrogen-bond donors (Lipinski definition) is 8. The molecule has 0 spiro atoms. The monoisotopic (exact) mass is 776 g/mol. The van der Waals surface area contributed by atoms with Crippen LogP contribution in [0.2, 0.25) is 0 Å². The van der Waals surface area contributed by atoms with Crippen LogP contribution in [0.1, 0.15) is 10.6 Å². The predicted molar refractivity (Wildman–Crippen MR) is 173 cm³/mol. The summed E-state index contributed by atoms with van der Waals surface area (Å²) >= 11 is 7.19. The molecule has 4 heterocycles. The van der Waals surface area contributed by atoms with Crippen LogP contribution in [0.3, 0.4) is 0 Å². The first kappa shape index (κ1) is 44.7. The molecule has 4 rings (SSSR count). The first-order chi connectivity index (χ1) is 21.2. The van der Waals surface area contributed by atoms with E-state index in [1.165, 1.54) is 40.3 Å². The van der Waals surface area contributed by atoms with Crippen molar-refractivity contribution in [2.75, 3.05) is 44.5 Å². The fourth-order valence-corrected chi connectivity index (χ4v) is 6.40. The van der Waals surface area contributed by atoms with E-state index in [0.29, 0.717) is 10.3 Å². The Balaban J connectivity index is 0.000000583. The van der Waals surface area contributed by atoms with Gasteiger partial charge in [0.25, 0.3) is 0 Å². The summed E-state index contributed by atoms with van der Waals surface area (Å²) in [7, 11) is -2.58. The van der Waals surface area contributed by atoms with Gasteiger partial charge < -0.3 is 15.0 Å². The minimum Gasteiger partial charge on any atom is -0.747 e. The van der Waals surface area contributed by atoms with Gasteiger partial charge in [0.1, 0.15) is 39.0 Å². The number of nitrogens with one attached hydrogen (secondary N) is 6. The maximum atomic E-state index is 10.7. The van der Waals surface area contributed by atoms with Crippen LogP contribution in [0.15, 0.2) is 14.5 Å². The average Bonchev–Trinajstić information content (AvgIpc) is 3.70. The van der Waals surface area contributed by atoms with Crippen molar-refractivity contribution in [1.29, 1.82) is 0 Å². The van der Waals surface area contributed by atoms with Gasteiger partial charge in [-0.2, -0.15) is 5.01 Å². The molecule has 1 saturated heterocycles. The van der Waals surface area contributed by atoms with Crippen LogP contribution in [-0.4, -0.2) is 121 Å². The zero-order valence-electron chi connectivity index (χ0n) is 25.6. The van der Waals surface area contributed by atoms with Gasteiger partial charge in [-0.3, -0.25) is 35.1 Å². The van der Waals surface area contributed by atoms with E-state index in [9.17, 15) is 27.4 Å². The van der Waals surface area contributed by atoms with E-state index in [1.807, 2.05) is 25.7 Å². The van der Waals surface area contributed by atoms with Crippen molar-refractivity contribution in [3.05, 3.63) is 10.6 Å². The predicted octanol–water partition coefficient (Wildman–Crippen LogP) is -4.63. The summed E-state index contributed by atoms with van der Waals surface area (Å²) in [5.74, 6) is -2.73. The van der Waals surface area contributed by atoms with E-state index in [-0.39, 0.29) is 48.2 Å². The van der Waals surface area contributed by atoms with E-state index >= 15 is 0 Å². The number of amidine groups is 2. The van der Waals surface area contributed by atoms with Gasteiger partial charge in [0.05, 0.1) is 10.6 Å². The van der Waals surface area contributed by atoms with Crippen molar-refractivity contribution in [3.8, 4) is 0 Å². The Morgan fingerprint density at radius 3 is 2.07 bits per heavy atom. The Labute approximate surface area is 308 Å². The molecule has 21 nitrogen and oxygen atoms in total. The quantitative estimate of drug-likeness (QED) is 0.0308. The van der Waals surface area contributed by atoms with Gasteiger partial charge in [-0.05, 0) is 31.9 Å². The Morgan fingerprint density at radius 2 is 1.61 bits per heavy atom. The van der Waals surface area contributed by atoms with Gasteiger partial charge in [0.15, 0.2) is 0 Å². The number of carboxylic acids is 1. The van der Waals surface area contributed by atoms with E-state index in [2.05, 4.69) is 53.0 Å². The maximum absolute atomic E-state index is 10.7. The third kappa shape index (κ3) is 16.7. The van der Waals surface area contributed by atoms with Gasteiger partial charge in [-0.25, -0.2) is 29.4 Å². The first-order valence-corrected chi connectivity index (χ1v) is 19.1.